The molecule has 142 valence electrons. The van der Waals surface area contributed by atoms with E-state index in [1.54, 1.807) is 7.11 Å². The largest absolute Gasteiger partial charge is 0.632 e. The monoisotopic (exact) mass is 368 g/mol. The molecule has 2 aromatic rings. The number of fused-ring (bicyclic) bond motifs is 4. The second-order valence-electron chi connectivity index (χ2n) is 7.98. The van der Waals surface area contributed by atoms with Gasteiger partial charge >= 0.3 is 5.97 Å². The highest BCUT2D eigenvalue weighted by Gasteiger charge is 2.62. The maximum atomic E-state index is 14.1. The first-order chi connectivity index (χ1) is 13.0. The number of aromatic amines is 1. The van der Waals surface area contributed by atoms with E-state index in [0.717, 1.165) is 27.9 Å². The van der Waals surface area contributed by atoms with Crippen LogP contribution in [0, 0.1) is 17.0 Å². The van der Waals surface area contributed by atoms with Gasteiger partial charge in [-0.1, -0.05) is 6.08 Å². The van der Waals surface area contributed by atoms with Crippen molar-refractivity contribution in [2.24, 2.45) is 11.8 Å². The summed E-state index contributed by atoms with van der Waals surface area (Å²) < 4.78 is 10.2. The van der Waals surface area contributed by atoms with Gasteiger partial charge in [0, 0.05) is 29.7 Å². The second kappa shape index (κ2) is 5.59. The van der Waals surface area contributed by atoms with Crippen molar-refractivity contribution in [3.63, 3.8) is 0 Å². The zero-order valence-electron chi connectivity index (χ0n) is 15.8. The summed E-state index contributed by atoms with van der Waals surface area (Å²) >= 11 is 0. The summed E-state index contributed by atoms with van der Waals surface area (Å²) in [6.45, 7) is 2.44. The molecule has 6 rings (SSSR count). The first kappa shape index (κ1) is 16.8. The molecule has 1 aromatic heterocycles. The summed E-state index contributed by atoms with van der Waals surface area (Å²) in [5.41, 5.74) is 4.35. The Morgan fingerprint density at radius 3 is 2.89 bits per heavy atom. The van der Waals surface area contributed by atoms with E-state index in [1.807, 2.05) is 31.2 Å². The molecule has 0 unspecified atom stereocenters. The molecule has 27 heavy (non-hydrogen) atoms. The predicted octanol–water partition coefficient (Wildman–Crippen LogP) is 3.23. The number of H-pyrrole nitrogens is 1. The number of esters is 1. The average molecular weight is 368 g/mol. The molecular formula is C21H24N2O4. The van der Waals surface area contributed by atoms with Gasteiger partial charge < -0.3 is 24.3 Å². The van der Waals surface area contributed by atoms with E-state index in [0.29, 0.717) is 19.4 Å². The minimum absolute atomic E-state index is 0.0977. The molecule has 4 bridgehead atoms. The summed E-state index contributed by atoms with van der Waals surface area (Å²) in [6, 6.07) is 5.53. The SMILES string of the molecule is C/C=C1/C[N@@+]2([O-])[C@H]3C[C@@H]1[C@H](C(=O)OC)[C@@H]2Cc1c3[nH]c2ccc(OC)cc12. The number of quaternary nitrogens is 1. The smallest absolute Gasteiger partial charge is 0.315 e. The Kier molecular flexibility index (Phi) is 3.49. The zero-order chi connectivity index (χ0) is 18.9. The van der Waals surface area contributed by atoms with Gasteiger partial charge in [0.25, 0.3) is 0 Å². The van der Waals surface area contributed by atoms with Crippen LogP contribution in [0.25, 0.3) is 10.9 Å². The van der Waals surface area contributed by atoms with Crippen LogP contribution in [0.2, 0.25) is 0 Å². The number of methoxy groups -OCH3 is 2. The molecule has 3 fully saturated rings. The number of hydrogen-bond acceptors (Lipinski definition) is 4. The quantitative estimate of drug-likeness (QED) is 0.382. The first-order valence-corrected chi connectivity index (χ1v) is 9.51. The maximum absolute atomic E-state index is 14.1. The lowest BCUT2D eigenvalue weighted by atomic mass is 9.63. The van der Waals surface area contributed by atoms with Crippen LogP contribution in [-0.2, 0) is 16.0 Å². The minimum atomic E-state index is -0.368. The van der Waals surface area contributed by atoms with Crippen LogP contribution in [-0.4, -0.2) is 42.4 Å². The number of allylic oxidation sites excluding steroid dienone is 1. The van der Waals surface area contributed by atoms with Crippen molar-refractivity contribution >= 4 is 16.9 Å². The van der Waals surface area contributed by atoms with Gasteiger partial charge in [0.05, 0.1) is 19.9 Å². The first-order valence-electron chi connectivity index (χ1n) is 9.51. The van der Waals surface area contributed by atoms with E-state index in [-0.39, 0.29) is 34.5 Å². The van der Waals surface area contributed by atoms with Crippen molar-refractivity contribution < 1.29 is 18.9 Å². The zero-order valence-corrected chi connectivity index (χ0v) is 15.8. The molecule has 6 nitrogen and oxygen atoms in total. The molecule has 0 radical (unpaired) electrons. The van der Waals surface area contributed by atoms with E-state index in [2.05, 4.69) is 4.98 Å². The van der Waals surface area contributed by atoms with Gasteiger partial charge in [-0.2, -0.15) is 0 Å². The van der Waals surface area contributed by atoms with Crippen LogP contribution in [0.1, 0.15) is 30.6 Å². The molecule has 0 saturated carbocycles. The number of ether oxygens (including phenoxy) is 2. The Balaban J connectivity index is 1.70. The summed E-state index contributed by atoms with van der Waals surface area (Å²) in [5.74, 6) is 0.281. The van der Waals surface area contributed by atoms with Crippen LogP contribution >= 0.6 is 0 Å². The molecule has 6 heteroatoms. The van der Waals surface area contributed by atoms with Gasteiger partial charge in [-0.25, -0.2) is 0 Å². The fourth-order valence-corrected chi connectivity index (χ4v) is 5.82. The van der Waals surface area contributed by atoms with Gasteiger partial charge in [-0.3, -0.25) is 4.79 Å². The third-order valence-electron chi connectivity index (χ3n) is 7.06. The van der Waals surface area contributed by atoms with Crippen molar-refractivity contribution in [1.29, 1.82) is 0 Å². The lowest BCUT2D eigenvalue weighted by Crippen LogP contribution is -2.70. The van der Waals surface area contributed by atoms with E-state index in [4.69, 9.17) is 9.47 Å². The number of hydroxylamine groups is 3. The van der Waals surface area contributed by atoms with Crippen molar-refractivity contribution in [3.05, 3.63) is 46.3 Å². The highest BCUT2D eigenvalue weighted by molar-refractivity contribution is 5.87. The Labute approximate surface area is 157 Å². The number of rotatable bonds is 2. The number of carbonyl (C=O) groups is 1. The van der Waals surface area contributed by atoms with E-state index < -0.39 is 0 Å². The number of hydrogen-bond donors (Lipinski definition) is 1. The normalized spacial score (nSPS) is 35.3. The number of carbonyl (C=O) groups excluding carboxylic acids is 1. The molecule has 1 N–H and O–H groups in total. The lowest BCUT2D eigenvalue weighted by molar-refractivity contribution is -0.951. The second-order valence-corrected chi connectivity index (χ2v) is 7.98. The summed E-state index contributed by atoms with van der Waals surface area (Å²) in [5, 5.41) is 15.2. The molecule has 3 saturated heterocycles. The highest BCUT2D eigenvalue weighted by Crippen LogP contribution is 2.58. The number of nitrogens with zero attached hydrogens (tertiary/aromatic N) is 1. The van der Waals surface area contributed by atoms with Crippen LogP contribution in [0.5, 0.6) is 5.75 Å². The topological polar surface area (TPSA) is 74.4 Å². The predicted molar refractivity (Wildman–Crippen MR) is 101 cm³/mol. The lowest BCUT2D eigenvalue weighted by Gasteiger charge is -2.66. The molecular weight excluding hydrogens is 344 g/mol. The number of benzene rings is 1. The molecule has 5 atom stereocenters. The molecule has 5 heterocycles. The van der Waals surface area contributed by atoms with E-state index in [9.17, 15) is 10.0 Å². The fraction of sp³-hybridized carbons (Fsp3) is 0.476. The summed E-state index contributed by atoms with van der Waals surface area (Å²) in [4.78, 5) is 16.2. The van der Waals surface area contributed by atoms with Crippen molar-refractivity contribution in [2.45, 2.75) is 31.8 Å². The van der Waals surface area contributed by atoms with Crippen molar-refractivity contribution in [2.75, 3.05) is 20.8 Å². The Hall–Kier alpha value is -2.31. The Bertz CT molecular complexity index is 978. The number of aromatic nitrogens is 1. The van der Waals surface area contributed by atoms with Crippen LogP contribution < -0.4 is 4.74 Å². The standard InChI is InChI=1S/C21H24N2O4/c1-4-11-10-23(25)17-9-15-14-7-12(26-2)5-6-16(14)22-20(15)18(23)8-13(11)19(17)21(24)27-3/h4-7,13,17-19,22H,8-10H2,1-3H3/b11-4-/t13-,17-,18-,19-,23-/m0/s1. The highest BCUT2D eigenvalue weighted by atomic mass is 16.6. The molecule has 0 amide bonds. The van der Waals surface area contributed by atoms with E-state index in [1.165, 1.54) is 12.7 Å². The number of nitrogens with one attached hydrogen (secondary N) is 1. The third-order valence-corrected chi connectivity index (χ3v) is 7.06. The molecule has 4 aliphatic heterocycles. The maximum Gasteiger partial charge on any atom is 0.315 e. The van der Waals surface area contributed by atoms with Gasteiger partial charge in [0.1, 0.15) is 30.3 Å². The summed E-state index contributed by atoms with van der Waals surface area (Å²) in [6.07, 6.45) is 3.31. The van der Waals surface area contributed by atoms with Crippen LogP contribution in [0.3, 0.4) is 0 Å². The molecule has 4 aliphatic rings. The van der Waals surface area contributed by atoms with Gasteiger partial charge in [0.2, 0.25) is 0 Å². The van der Waals surface area contributed by atoms with E-state index >= 15 is 0 Å². The van der Waals surface area contributed by atoms with Gasteiger partial charge in [-0.15, -0.1) is 0 Å². The average Bonchev–Trinajstić information content (AvgIpc) is 3.03. The Morgan fingerprint density at radius 2 is 2.19 bits per heavy atom. The molecule has 0 aliphatic carbocycles. The molecule has 0 spiro atoms. The minimum Gasteiger partial charge on any atom is -0.632 e. The van der Waals surface area contributed by atoms with Crippen LogP contribution in [0.4, 0.5) is 0 Å². The third kappa shape index (κ3) is 2.05. The fourth-order valence-electron chi connectivity index (χ4n) is 5.82. The van der Waals surface area contributed by atoms with Crippen molar-refractivity contribution in [3.8, 4) is 5.75 Å². The number of piperidine rings is 3. The Morgan fingerprint density at radius 1 is 1.37 bits per heavy atom. The molecule has 1 aromatic carbocycles. The van der Waals surface area contributed by atoms with Gasteiger partial charge in [0.15, 0.2) is 0 Å². The van der Waals surface area contributed by atoms with Crippen molar-refractivity contribution in [1.82, 2.24) is 4.98 Å². The summed E-state index contributed by atoms with van der Waals surface area (Å²) in [7, 11) is 3.08. The van der Waals surface area contributed by atoms with Gasteiger partial charge in [-0.05, 0) is 36.3 Å². The van der Waals surface area contributed by atoms with Crippen LogP contribution in [0.15, 0.2) is 29.8 Å².